The van der Waals surface area contributed by atoms with Crippen molar-refractivity contribution in [1.29, 1.82) is 0 Å². The van der Waals surface area contributed by atoms with Crippen molar-refractivity contribution in [2.45, 2.75) is 13.2 Å². The van der Waals surface area contributed by atoms with Crippen molar-refractivity contribution in [2.24, 2.45) is 0 Å². The predicted octanol–water partition coefficient (Wildman–Crippen LogP) is 3.94. The minimum atomic E-state index is 0.0956. The lowest BCUT2D eigenvalue weighted by Gasteiger charge is -2.08. The Morgan fingerprint density at radius 1 is 0.750 bits per heavy atom. The van der Waals surface area contributed by atoms with Gasteiger partial charge in [-0.1, -0.05) is 54.6 Å². The Hall–Kier alpha value is -2.32. The summed E-state index contributed by atoms with van der Waals surface area (Å²) in [4.78, 5) is 0. The second-order valence-electron chi connectivity index (χ2n) is 4.89. The zero-order chi connectivity index (χ0) is 13.8. The molecule has 2 heteroatoms. The fraction of sp³-hybridized carbons (Fsp3) is 0.111. The van der Waals surface area contributed by atoms with Crippen molar-refractivity contribution in [2.75, 3.05) is 5.32 Å². The standard InChI is InChI=1S/C18H17NO/c20-13-15-7-5-14(6-8-15)12-19-18-10-9-16-3-1-2-4-17(16)11-18/h1-11,19-20H,12-13H2. The molecule has 0 unspecified atom stereocenters. The Bertz CT molecular complexity index is 704. The van der Waals surface area contributed by atoms with E-state index in [1.54, 1.807) is 0 Å². The first kappa shape index (κ1) is 12.7. The number of fused-ring (bicyclic) bond motifs is 1. The van der Waals surface area contributed by atoms with E-state index in [1.807, 2.05) is 24.3 Å². The molecular weight excluding hydrogens is 246 g/mol. The van der Waals surface area contributed by atoms with E-state index in [2.05, 4.69) is 47.8 Å². The van der Waals surface area contributed by atoms with E-state index in [0.29, 0.717) is 0 Å². The lowest BCUT2D eigenvalue weighted by atomic mass is 10.1. The van der Waals surface area contributed by atoms with Crippen molar-refractivity contribution in [3.05, 3.63) is 77.9 Å². The number of hydrogen-bond donors (Lipinski definition) is 2. The molecule has 0 aliphatic carbocycles. The maximum atomic E-state index is 9.02. The van der Waals surface area contributed by atoms with Crippen molar-refractivity contribution in [3.63, 3.8) is 0 Å². The molecule has 0 atom stereocenters. The summed E-state index contributed by atoms with van der Waals surface area (Å²) in [5.41, 5.74) is 3.27. The molecule has 20 heavy (non-hydrogen) atoms. The molecular formula is C18H17NO. The second kappa shape index (κ2) is 5.76. The van der Waals surface area contributed by atoms with Gasteiger partial charge in [0, 0.05) is 12.2 Å². The molecule has 0 saturated carbocycles. The first-order chi connectivity index (χ1) is 9.85. The van der Waals surface area contributed by atoms with Gasteiger partial charge in [0.2, 0.25) is 0 Å². The molecule has 100 valence electrons. The summed E-state index contributed by atoms with van der Waals surface area (Å²) in [6.07, 6.45) is 0. The number of anilines is 1. The molecule has 0 aliphatic rings. The number of aliphatic hydroxyl groups excluding tert-OH is 1. The third-order valence-corrected chi connectivity index (χ3v) is 3.45. The minimum Gasteiger partial charge on any atom is -0.392 e. The summed E-state index contributed by atoms with van der Waals surface area (Å²) in [5, 5.41) is 14.9. The van der Waals surface area contributed by atoms with E-state index in [4.69, 9.17) is 5.11 Å². The van der Waals surface area contributed by atoms with Gasteiger partial charge in [-0.15, -0.1) is 0 Å². The summed E-state index contributed by atoms with van der Waals surface area (Å²) in [6.45, 7) is 0.877. The van der Waals surface area contributed by atoms with Crippen LogP contribution in [0.1, 0.15) is 11.1 Å². The molecule has 2 nitrogen and oxygen atoms in total. The molecule has 3 rings (SSSR count). The Labute approximate surface area is 118 Å². The van der Waals surface area contributed by atoms with Crippen LogP contribution in [0.15, 0.2) is 66.7 Å². The zero-order valence-electron chi connectivity index (χ0n) is 11.2. The molecule has 0 amide bonds. The monoisotopic (exact) mass is 263 g/mol. The van der Waals surface area contributed by atoms with Gasteiger partial charge in [-0.25, -0.2) is 0 Å². The number of rotatable bonds is 4. The van der Waals surface area contributed by atoms with Gasteiger partial charge < -0.3 is 10.4 Å². The highest BCUT2D eigenvalue weighted by atomic mass is 16.3. The van der Waals surface area contributed by atoms with Gasteiger partial charge in [-0.05, 0) is 34.0 Å². The van der Waals surface area contributed by atoms with E-state index in [1.165, 1.54) is 16.3 Å². The fourth-order valence-electron chi connectivity index (χ4n) is 2.27. The van der Waals surface area contributed by atoms with Crippen LogP contribution in [0, 0.1) is 0 Å². The van der Waals surface area contributed by atoms with Crippen molar-refractivity contribution in [1.82, 2.24) is 0 Å². The zero-order valence-corrected chi connectivity index (χ0v) is 11.2. The van der Waals surface area contributed by atoms with E-state index in [9.17, 15) is 0 Å². The average Bonchev–Trinajstić information content (AvgIpc) is 2.53. The van der Waals surface area contributed by atoms with Crippen LogP contribution in [-0.2, 0) is 13.2 Å². The maximum absolute atomic E-state index is 9.02. The molecule has 3 aromatic rings. The molecule has 3 aromatic carbocycles. The molecule has 0 aliphatic heterocycles. The predicted molar refractivity (Wildman–Crippen MR) is 83.6 cm³/mol. The highest BCUT2D eigenvalue weighted by molar-refractivity contribution is 5.85. The largest absolute Gasteiger partial charge is 0.392 e. The molecule has 0 bridgehead atoms. The van der Waals surface area contributed by atoms with Gasteiger partial charge >= 0.3 is 0 Å². The molecule has 0 radical (unpaired) electrons. The quantitative estimate of drug-likeness (QED) is 0.747. The summed E-state index contributed by atoms with van der Waals surface area (Å²) in [6, 6.07) is 22.7. The highest BCUT2D eigenvalue weighted by Gasteiger charge is 1.97. The normalized spacial score (nSPS) is 10.7. The molecule has 0 heterocycles. The van der Waals surface area contributed by atoms with Crippen molar-refractivity contribution >= 4 is 16.5 Å². The lowest BCUT2D eigenvalue weighted by molar-refractivity contribution is 0.282. The van der Waals surface area contributed by atoms with Crippen LogP contribution in [-0.4, -0.2) is 5.11 Å². The third-order valence-electron chi connectivity index (χ3n) is 3.45. The number of nitrogens with one attached hydrogen (secondary N) is 1. The highest BCUT2D eigenvalue weighted by Crippen LogP contribution is 2.19. The summed E-state index contributed by atoms with van der Waals surface area (Å²) in [5.74, 6) is 0. The van der Waals surface area contributed by atoms with Crippen LogP contribution in [0.2, 0.25) is 0 Å². The van der Waals surface area contributed by atoms with E-state index >= 15 is 0 Å². The number of hydrogen-bond acceptors (Lipinski definition) is 2. The van der Waals surface area contributed by atoms with Crippen molar-refractivity contribution < 1.29 is 5.11 Å². The maximum Gasteiger partial charge on any atom is 0.0681 e. The lowest BCUT2D eigenvalue weighted by Crippen LogP contribution is -1.99. The van der Waals surface area contributed by atoms with Crippen LogP contribution < -0.4 is 5.32 Å². The van der Waals surface area contributed by atoms with Gasteiger partial charge in [-0.2, -0.15) is 0 Å². The molecule has 0 fully saturated rings. The van der Waals surface area contributed by atoms with Crippen LogP contribution >= 0.6 is 0 Å². The van der Waals surface area contributed by atoms with E-state index < -0.39 is 0 Å². The van der Waals surface area contributed by atoms with Gasteiger partial charge in [-0.3, -0.25) is 0 Å². The number of aliphatic hydroxyl groups is 1. The summed E-state index contributed by atoms with van der Waals surface area (Å²) >= 11 is 0. The van der Waals surface area contributed by atoms with Gasteiger partial charge in [0.05, 0.1) is 6.61 Å². The van der Waals surface area contributed by atoms with Crippen LogP contribution in [0.3, 0.4) is 0 Å². The van der Waals surface area contributed by atoms with E-state index in [-0.39, 0.29) is 6.61 Å². The molecule has 0 saturated heterocycles. The molecule has 0 spiro atoms. The first-order valence-corrected chi connectivity index (χ1v) is 6.76. The van der Waals surface area contributed by atoms with Crippen LogP contribution in [0.4, 0.5) is 5.69 Å². The van der Waals surface area contributed by atoms with Gasteiger partial charge in [0.15, 0.2) is 0 Å². The molecule has 0 aromatic heterocycles. The summed E-state index contributed by atoms with van der Waals surface area (Å²) in [7, 11) is 0. The van der Waals surface area contributed by atoms with Gasteiger partial charge in [0.25, 0.3) is 0 Å². The topological polar surface area (TPSA) is 32.3 Å². The Kier molecular flexibility index (Phi) is 3.66. The smallest absolute Gasteiger partial charge is 0.0681 e. The van der Waals surface area contributed by atoms with Gasteiger partial charge in [0.1, 0.15) is 0 Å². The summed E-state index contributed by atoms with van der Waals surface area (Å²) < 4.78 is 0. The Morgan fingerprint density at radius 3 is 2.20 bits per heavy atom. The van der Waals surface area contributed by atoms with Crippen LogP contribution in [0.5, 0.6) is 0 Å². The first-order valence-electron chi connectivity index (χ1n) is 6.76. The average molecular weight is 263 g/mol. The third kappa shape index (κ3) is 2.81. The molecule has 2 N–H and O–H groups in total. The minimum absolute atomic E-state index is 0.0956. The fourth-order valence-corrected chi connectivity index (χ4v) is 2.27. The SMILES string of the molecule is OCc1ccc(CNc2ccc3ccccc3c2)cc1. The Balaban J connectivity index is 1.72. The second-order valence-corrected chi connectivity index (χ2v) is 4.89. The number of benzene rings is 3. The van der Waals surface area contributed by atoms with Crippen molar-refractivity contribution in [3.8, 4) is 0 Å². The van der Waals surface area contributed by atoms with Crippen LogP contribution in [0.25, 0.3) is 10.8 Å². The Morgan fingerprint density at radius 2 is 1.45 bits per heavy atom. The van der Waals surface area contributed by atoms with E-state index in [0.717, 1.165) is 17.8 Å².